The molecular formula is C38H28O8. The highest BCUT2D eigenvalue weighted by molar-refractivity contribution is 6.05. The van der Waals surface area contributed by atoms with Crippen molar-refractivity contribution in [3.8, 4) is 23.0 Å². The number of benzene rings is 4. The minimum absolute atomic E-state index is 0.322. The summed E-state index contributed by atoms with van der Waals surface area (Å²) >= 11 is 0. The van der Waals surface area contributed by atoms with Gasteiger partial charge < -0.3 is 18.9 Å². The standard InChI is InChI=1S/C38H28O8/c1-5-33(39)43-29-17-9-25(10-18-29)37(26-11-19-30(20-12-26)44-34(40)6-2)38(27-13-21-31(22-14-27)45-35(41)7-3)28-15-23-32(24-16-28)46-36(42)8-4/h5-24H,1-4H2. The lowest BCUT2D eigenvalue weighted by molar-refractivity contribution is -0.129. The lowest BCUT2D eigenvalue weighted by Crippen LogP contribution is -2.05. The lowest BCUT2D eigenvalue weighted by atomic mass is 9.85. The van der Waals surface area contributed by atoms with Crippen LogP contribution in [0.15, 0.2) is 148 Å². The second-order valence-corrected chi connectivity index (χ2v) is 9.35. The summed E-state index contributed by atoms with van der Waals surface area (Å²) in [5.74, 6) is -1.09. The second-order valence-electron chi connectivity index (χ2n) is 9.35. The van der Waals surface area contributed by atoms with Crippen LogP contribution in [0.25, 0.3) is 11.1 Å². The summed E-state index contributed by atoms with van der Waals surface area (Å²) < 4.78 is 21.1. The Hall–Kier alpha value is -6.54. The molecule has 0 N–H and O–H groups in total. The molecule has 0 unspecified atom stereocenters. The van der Waals surface area contributed by atoms with E-state index in [1.54, 1.807) is 97.1 Å². The van der Waals surface area contributed by atoms with E-state index in [1.165, 1.54) is 0 Å². The van der Waals surface area contributed by atoms with E-state index in [4.69, 9.17) is 18.9 Å². The highest BCUT2D eigenvalue weighted by Crippen LogP contribution is 2.39. The Kier molecular flexibility index (Phi) is 10.7. The summed E-state index contributed by atoms with van der Waals surface area (Å²) in [7, 11) is 0. The lowest BCUT2D eigenvalue weighted by Gasteiger charge is -2.19. The van der Waals surface area contributed by atoms with Crippen LogP contribution in [0.5, 0.6) is 23.0 Å². The fourth-order valence-corrected chi connectivity index (χ4v) is 4.30. The SMILES string of the molecule is C=CC(=O)Oc1ccc(C(=C(c2ccc(OC(=O)C=C)cc2)c2ccc(OC(=O)C=C)cc2)c2ccc(OC(=O)C=C)cc2)cc1. The van der Waals surface area contributed by atoms with Crippen molar-refractivity contribution in [2.75, 3.05) is 0 Å². The number of carbonyl (C=O) groups is 4. The molecule has 0 fully saturated rings. The van der Waals surface area contributed by atoms with Crippen LogP contribution in [0.4, 0.5) is 0 Å². The van der Waals surface area contributed by atoms with Crippen molar-refractivity contribution in [2.45, 2.75) is 0 Å². The number of hydrogen-bond donors (Lipinski definition) is 0. The van der Waals surface area contributed by atoms with Crippen molar-refractivity contribution < 1.29 is 38.1 Å². The van der Waals surface area contributed by atoms with Gasteiger partial charge in [-0.15, -0.1) is 0 Å². The van der Waals surface area contributed by atoms with Crippen LogP contribution in [-0.2, 0) is 19.2 Å². The van der Waals surface area contributed by atoms with Crippen molar-refractivity contribution in [2.24, 2.45) is 0 Å². The van der Waals surface area contributed by atoms with E-state index >= 15 is 0 Å². The first kappa shape index (κ1) is 32.4. The molecule has 4 aromatic rings. The van der Waals surface area contributed by atoms with E-state index in [1.807, 2.05) is 0 Å². The van der Waals surface area contributed by atoms with Gasteiger partial charge in [-0.1, -0.05) is 74.8 Å². The molecule has 0 aliphatic carbocycles. The normalized spacial score (nSPS) is 10.0. The third-order valence-corrected chi connectivity index (χ3v) is 6.36. The largest absolute Gasteiger partial charge is 0.423 e. The maximum atomic E-state index is 11.8. The first-order chi connectivity index (χ1) is 22.2. The molecule has 8 heteroatoms. The zero-order valence-corrected chi connectivity index (χ0v) is 24.6. The molecule has 0 atom stereocenters. The maximum absolute atomic E-state index is 11.8. The molecule has 0 aliphatic heterocycles. The van der Waals surface area contributed by atoms with Crippen LogP contribution in [-0.4, -0.2) is 23.9 Å². The number of carbonyl (C=O) groups excluding carboxylic acids is 4. The summed E-state index contributed by atoms with van der Waals surface area (Å²) in [4.78, 5) is 47.2. The topological polar surface area (TPSA) is 105 Å². The Morgan fingerprint density at radius 1 is 0.348 bits per heavy atom. The van der Waals surface area contributed by atoms with Gasteiger partial charge in [-0.25, -0.2) is 19.2 Å². The molecular weight excluding hydrogens is 584 g/mol. The minimum atomic E-state index is -0.594. The average molecular weight is 613 g/mol. The first-order valence-corrected chi connectivity index (χ1v) is 13.8. The summed E-state index contributed by atoms with van der Waals surface area (Å²) in [6.45, 7) is 13.7. The second kappa shape index (κ2) is 15.3. The van der Waals surface area contributed by atoms with Crippen LogP contribution in [0.1, 0.15) is 22.3 Å². The highest BCUT2D eigenvalue weighted by Gasteiger charge is 2.18. The minimum Gasteiger partial charge on any atom is -0.423 e. The van der Waals surface area contributed by atoms with E-state index in [-0.39, 0.29) is 0 Å². The molecule has 0 saturated carbocycles. The van der Waals surface area contributed by atoms with Gasteiger partial charge in [0.1, 0.15) is 23.0 Å². The molecule has 46 heavy (non-hydrogen) atoms. The molecule has 4 aromatic carbocycles. The van der Waals surface area contributed by atoms with Crippen molar-refractivity contribution in [3.05, 3.63) is 170 Å². The molecule has 0 spiro atoms. The van der Waals surface area contributed by atoms with Crippen molar-refractivity contribution in [1.29, 1.82) is 0 Å². The molecule has 0 bridgehead atoms. The number of rotatable bonds is 12. The molecule has 0 saturated heterocycles. The Labute approximate surface area is 265 Å². The van der Waals surface area contributed by atoms with Gasteiger partial charge in [0.15, 0.2) is 0 Å². The van der Waals surface area contributed by atoms with E-state index in [0.717, 1.165) is 57.7 Å². The molecule has 0 amide bonds. The Bertz CT molecular complexity index is 1560. The van der Waals surface area contributed by atoms with Crippen LogP contribution in [0, 0.1) is 0 Å². The maximum Gasteiger partial charge on any atom is 0.335 e. The van der Waals surface area contributed by atoms with Gasteiger partial charge in [0.25, 0.3) is 0 Å². The fraction of sp³-hybridized carbons (Fsp3) is 0. The number of ether oxygens (including phenoxy) is 4. The number of esters is 4. The molecule has 8 nitrogen and oxygen atoms in total. The van der Waals surface area contributed by atoms with Gasteiger partial charge in [-0.05, 0) is 81.9 Å². The van der Waals surface area contributed by atoms with Crippen molar-refractivity contribution in [3.63, 3.8) is 0 Å². The van der Waals surface area contributed by atoms with Crippen LogP contribution >= 0.6 is 0 Å². The fourth-order valence-electron chi connectivity index (χ4n) is 4.30. The summed E-state index contributed by atoms with van der Waals surface area (Å²) in [6, 6.07) is 27.6. The van der Waals surface area contributed by atoms with Crippen molar-refractivity contribution in [1.82, 2.24) is 0 Å². The van der Waals surface area contributed by atoms with Gasteiger partial charge in [0.05, 0.1) is 0 Å². The highest BCUT2D eigenvalue weighted by atomic mass is 16.5. The average Bonchev–Trinajstić information content (AvgIpc) is 3.08. The van der Waals surface area contributed by atoms with Gasteiger partial charge in [0.2, 0.25) is 0 Å². The van der Waals surface area contributed by atoms with E-state index in [9.17, 15) is 19.2 Å². The predicted octanol–water partition coefficient (Wildman–Crippen LogP) is 7.06. The zero-order chi connectivity index (χ0) is 33.1. The van der Waals surface area contributed by atoms with Gasteiger partial charge in [-0.3, -0.25) is 0 Å². The van der Waals surface area contributed by atoms with Gasteiger partial charge in [-0.2, -0.15) is 0 Å². The van der Waals surface area contributed by atoms with Gasteiger partial charge >= 0.3 is 23.9 Å². The summed E-state index contributed by atoms with van der Waals surface area (Å²) in [5, 5.41) is 0. The molecule has 0 aromatic heterocycles. The molecule has 0 aliphatic rings. The van der Waals surface area contributed by atoms with Crippen LogP contribution in [0.2, 0.25) is 0 Å². The molecule has 228 valence electrons. The third-order valence-electron chi connectivity index (χ3n) is 6.36. The molecule has 0 heterocycles. The van der Waals surface area contributed by atoms with E-state index in [0.29, 0.717) is 23.0 Å². The van der Waals surface area contributed by atoms with Gasteiger partial charge in [0, 0.05) is 24.3 Å². The monoisotopic (exact) mass is 612 g/mol. The van der Waals surface area contributed by atoms with E-state index in [2.05, 4.69) is 26.3 Å². The smallest absolute Gasteiger partial charge is 0.335 e. The predicted molar refractivity (Wildman–Crippen MR) is 174 cm³/mol. The van der Waals surface area contributed by atoms with Crippen LogP contribution < -0.4 is 18.9 Å². The zero-order valence-electron chi connectivity index (χ0n) is 24.6. The summed E-state index contributed by atoms with van der Waals surface area (Å²) in [5.41, 5.74) is 4.47. The third kappa shape index (κ3) is 8.30. The number of hydrogen-bond acceptors (Lipinski definition) is 8. The molecule has 4 rings (SSSR count). The first-order valence-electron chi connectivity index (χ1n) is 13.8. The van der Waals surface area contributed by atoms with Crippen LogP contribution in [0.3, 0.4) is 0 Å². The quantitative estimate of drug-likeness (QED) is 0.0725. The Morgan fingerprint density at radius 3 is 0.674 bits per heavy atom. The molecule has 0 radical (unpaired) electrons. The van der Waals surface area contributed by atoms with Crippen molar-refractivity contribution >= 4 is 35.0 Å². The Balaban J connectivity index is 1.95. The summed E-state index contributed by atoms with van der Waals surface area (Å²) in [6.07, 6.45) is 4.29. The van der Waals surface area contributed by atoms with E-state index < -0.39 is 23.9 Å². The Morgan fingerprint density at radius 2 is 0.522 bits per heavy atom.